The first-order valence-electron chi connectivity index (χ1n) is 9.27. The Morgan fingerprint density at radius 2 is 1.93 bits per heavy atom. The number of carbonyl (C=O) groups excluding carboxylic acids is 1. The van der Waals surface area contributed by atoms with E-state index in [-0.39, 0.29) is 5.91 Å². The van der Waals surface area contributed by atoms with Gasteiger partial charge in [0.1, 0.15) is 15.8 Å². The smallest absolute Gasteiger partial charge is 0.255 e. The van der Waals surface area contributed by atoms with Gasteiger partial charge in [0.05, 0.1) is 17.1 Å². The number of piperidine rings is 1. The Hall–Kier alpha value is -2.51. The van der Waals surface area contributed by atoms with E-state index in [4.69, 9.17) is 11.6 Å². The van der Waals surface area contributed by atoms with Gasteiger partial charge in [0.25, 0.3) is 5.91 Å². The minimum atomic E-state index is -0.00252. The molecule has 0 atom stereocenters. The zero-order valence-electron chi connectivity index (χ0n) is 15.3. The van der Waals surface area contributed by atoms with Crippen LogP contribution in [0.1, 0.15) is 34.6 Å². The highest BCUT2D eigenvalue weighted by molar-refractivity contribution is 7.14. The normalized spacial score (nSPS) is 14.1. The number of pyridine rings is 1. The molecule has 8 heteroatoms. The number of likely N-dealkylation sites (tertiary alicyclic amines) is 1. The lowest BCUT2D eigenvalue weighted by Crippen LogP contribution is -2.35. The first-order valence-corrected chi connectivity index (χ1v) is 10.5. The molecule has 0 aliphatic carbocycles. The van der Waals surface area contributed by atoms with Crippen LogP contribution in [0, 0.1) is 0 Å². The SMILES string of the molecule is O=C(c1cnc(NCc2nnc(-c3ccccc3)s2)c(Cl)c1)N1CCCCC1. The number of amides is 1. The van der Waals surface area contributed by atoms with Crippen LogP contribution in [0.3, 0.4) is 0 Å². The molecule has 1 aliphatic rings. The lowest BCUT2D eigenvalue weighted by Gasteiger charge is -2.26. The van der Waals surface area contributed by atoms with Gasteiger partial charge in [-0.1, -0.05) is 53.3 Å². The second-order valence-corrected chi connectivity index (χ2v) is 8.10. The summed E-state index contributed by atoms with van der Waals surface area (Å²) in [6.45, 7) is 2.07. The lowest BCUT2D eigenvalue weighted by atomic mass is 10.1. The Kier molecular flexibility index (Phi) is 5.83. The molecule has 144 valence electrons. The maximum Gasteiger partial charge on any atom is 0.255 e. The van der Waals surface area contributed by atoms with Crippen LogP contribution in [0.2, 0.25) is 5.02 Å². The van der Waals surface area contributed by atoms with Crippen LogP contribution in [0.4, 0.5) is 5.82 Å². The molecule has 0 saturated carbocycles. The fourth-order valence-electron chi connectivity index (χ4n) is 3.15. The van der Waals surface area contributed by atoms with E-state index in [0.29, 0.717) is 22.9 Å². The molecule has 0 radical (unpaired) electrons. The van der Waals surface area contributed by atoms with Crippen molar-refractivity contribution in [3.63, 3.8) is 0 Å². The van der Waals surface area contributed by atoms with Crippen LogP contribution < -0.4 is 5.32 Å². The topological polar surface area (TPSA) is 71.0 Å². The van der Waals surface area contributed by atoms with Gasteiger partial charge in [0.2, 0.25) is 0 Å². The Morgan fingerprint density at radius 1 is 1.14 bits per heavy atom. The summed E-state index contributed by atoms with van der Waals surface area (Å²) in [6, 6.07) is 11.6. The fraction of sp³-hybridized carbons (Fsp3) is 0.300. The summed E-state index contributed by atoms with van der Waals surface area (Å²) in [5, 5.41) is 13.8. The van der Waals surface area contributed by atoms with Crippen LogP contribution in [0.15, 0.2) is 42.6 Å². The van der Waals surface area contributed by atoms with Crippen molar-refractivity contribution in [2.45, 2.75) is 25.8 Å². The predicted octanol–water partition coefficient (Wildman–Crippen LogP) is 4.49. The summed E-state index contributed by atoms with van der Waals surface area (Å²) >= 11 is 7.87. The van der Waals surface area contributed by atoms with Crippen LogP contribution in [-0.2, 0) is 6.54 Å². The second-order valence-electron chi connectivity index (χ2n) is 6.63. The van der Waals surface area contributed by atoms with Gasteiger partial charge in [-0.05, 0) is 25.3 Å². The van der Waals surface area contributed by atoms with Gasteiger partial charge >= 0.3 is 0 Å². The quantitative estimate of drug-likeness (QED) is 0.667. The van der Waals surface area contributed by atoms with Crippen LogP contribution in [0.25, 0.3) is 10.6 Å². The number of rotatable bonds is 5. The summed E-state index contributed by atoms with van der Waals surface area (Å²) in [5.74, 6) is 0.533. The Balaban J connectivity index is 1.40. The molecule has 1 aliphatic heterocycles. The summed E-state index contributed by atoms with van der Waals surface area (Å²) in [6.07, 6.45) is 4.88. The summed E-state index contributed by atoms with van der Waals surface area (Å²) in [5.41, 5.74) is 1.57. The zero-order chi connectivity index (χ0) is 19.3. The van der Waals surface area contributed by atoms with Crippen molar-refractivity contribution in [1.82, 2.24) is 20.1 Å². The summed E-state index contributed by atoms with van der Waals surface area (Å²) < 4.78 is 0. The molecule has 28 heavy (non-hydrogen) atoms. The van der Waals surface area contributed by atoms with E-state index in [9.17, 15) is 4.79 Å². The van der Waals surface area contributed by atoms with Crippen molar-refractivity contribution in [2.24, 2.45) is 0 Å². The van der Waals surface area contributed by atoms with Gasteiger partial charge < -0.3 is 10.2 Å². The molecule has 3 heterocycles. The molecule has 1 amide bonds. The highest BCUT2D eigenvalue weighted by Gasteiger charge is 2.19. The fourth-order valence-corrected chi connectivity index (χ4v) is 4.16. The van der Waals surface area contributed by atoms with E-state index in [2.05, 4.69) is 20.5 Å². The molecule has 2 aromatic heterocycles. The molecule has 0 spiro atoms. The number of anilines is 1. The van der Waals surface area contributed by atoms with Gasteiger partial charge in [0.15, 0.2) is 0 Å². The van der Waals surface area contributed by atoms with E-state index in [1.54, 1.807) is 12.3 Å². The highest BCUT2D eigenvalue weighted by Crippen LogP contribution is 2.25. The van der Waals surface area contributed by atoms with Crippen LogP contribution in [0.5, 0.6) is 0 Å². The number of carbonyl (C=O) groups is 1. The van der Waals surface area contributed by atoms with Crippen molar-refractivity contribution in [1.29, 1.82) is 0 Å². The van der Waals surface area contributed by atoms with E-state index >= 15 is 0 Å². The average Bonchev–Trinajstić information content (AvgIpc) is 3.23. The third kappa shape index (κ3) is 4.31. The third-order valence-corrected chi connectivity index (χ3v) is 5.89. The number of nitrogens with zero attached hydrogens (tertiary/aromatic N) is 4. The van der Waals surface area contributed by atoms with Crippen LogP contribution >= 0.6 is 22.9 Å². The first-order chi connectivity index (χ1) is 13.7. The largest absolute Gasteiger partial charge is 0.362 e. The van der Waals surface area contributed by atoms with Gasteiger partial charge in [-0.2, -0.15) is 0 Å². The molecule has 1 N–H and O–H groups in total. The maximum atomic E-state index is 12.6. The van der Waals surface area contributed by atoms with E-state index in [1.165, 1.54) is 17.8 Å². The van der Waals surface area contributed by atoms with E-state index in [1.807, 2.05) is 35.2 Å². The number of hydrogen-bond donors (Lipinski definition) is 1. The summed E-state index contributed by atoms with van der Waals surface area (Å²) in [4.78, 5) is 18.8. The number of aromatic nitrogens is 3. The lowest BCUT2D eigenvalue weighted by molar-refractivity contribution is 0.0724. The monoisotopic (exact) mass is 413 g/mol. The third-order valence-electron chi connectivity index (χ3n) is 4.63. The van der Waals surface area contributed by atoms with E-state index < -0.39 is 0 Å². The Bertz CT molecular complexity index is 956. The van der Waals surface area contributed by atoms with E-state index in [0.717, 1.165) is 41.5 Å². The van der Waals surface area contributed by atoms with Gasteiger partial charge in [0, 0.05) is 24.8 Å². The average molecular weight is 414 g/mol. The van der Waals surface area contributed by atoms with Crippen LogP contribution in [-0.4, -0.2) is 39.1 Å². The predicted molar refractivity (Wildman–Crippen MR) is 112 cm³/mol. The number of hydrogen-bond acceptors (Lipinski definition) is 6. The van der Waals surface area contributed by atoms with Crippen molar-refractivity contribution in [2.75, 3.05) is 18.4 Å². The molecule has 1 fully saturated rings. The maximum absolute atomic E-state index is 12.6. The molecular weight excluding hydrogens is 394 g/mol. The van der Waals surface area contributed by atoms with Gasteiger partial charge in [-0.25, -0.2) is 4.98 Å². The van der Waals surface area contributed by atoms with Gasteiger partial charge in [-0.3, -0.25) is 4.79 Å². The minimum Gasteiger partial charge on any atom is -0.362 e. The molecule has 1 aromatic carbocycles. The molecule has 4 rings (SSSR count). The molecule has 6 nitrogen and oxygen atoms in total. The second kappa shape index (κ2) is 8.67. The van der Waals surface area contributed by atoms with Crippen molar-refractivity contribution in [3.05, 3.63) is 58.2 Å². The minimum absolute atomic E-state index is 0.00252. The molecule has 1 saturated heterocycles. The standard InChI is InChI=1S/C20H20ClN5OS/c21-16-11-15(20(27)26-9-5-2-6-10-26)12-22-18(16)23-13-17-24-25-19(28-17)14-7-3-1-4-8-14/h1,3-4,7-8,11-12H,2,5-6,9-10,13H2,(H,22,23). The zero-order valence-corrected chi connectivity index (χ0v) is 16.8. The summed E-state index contributed by atoms with van der Waals surface area (Å²) in [7, 11) is 0. The van der Waals surface area contributed by atoms with Gasteiger partial charge in [-0.15, -0.1) is 10.2 Å². The Morgan fingerprint density at radius 3 is 2.68 bits per heavy atom. The first kappa shape index (κ1) is 18.8. The highest BCUT2D eigenvalue weighted by atomic mass is 35.5. The molecule has 0 unspecified atom stereocenters. The number of nitrogens with one attached hydrogen (secondary N) is 1. The van der Waals surface area contributed by atoms with Crippen molar-refractivity contribution in [3.8, 4) is 10.6 Å². The molecular formula is C20H20ClN5OS. The molecule has 0 bridgehead atoms. The van der Waals surface area contributed by atoms with Crippen molar-refractivity contribution < 1.29 is 4.79 Å². The molecule has 3 aromatic rings. The van der Waals surface area contributed by atoms with Crippen molar-refractivity contribution >= 4 is 34.7 Å². The number of benzene rings is 1. The number of halogens is 1. The Labute approximate surface area is 172 Å².